The molecule has 2 fully saturated rings. The molecule has 10 nitrogen and oxygen atoms in total. The zero-order valence-electron chi connectivity index (χ0n) is 24.5. The summed E-state index contributed by atoms with van der Waals surface area (Å²) < 4.78 is 53.4. The van der Waals surface area contributed by atoms with Crippen molar-refractivity contribution in [1.29, 1.82) is 0 Å². The molecule has 2 saturated heterocycles. The van der Waals surface area contributed by atoms with E-state index >= 15 is 0 Å². The van der Waals surface area contributed by atoms with Crippen molar-refractivity contribution in [2.45, 2.75) is 63.4 Å². The Morgan fingerprint density at radius 2 is 1.95 bits per heavy atom. The minimum atomic E-state index is -3.71. The first-order valence-electron chi connectivity index (χ1n) is 14.5. The Hall–Kier alpha value is -2.58. The van der Waals surface area contributed by atoms with Crippen molar-refractivity contribution >= 4 is 37.8 Å². The van der Waals surface area contributed by atoms with E-state index in [1.165, 1.54) is 11.0 Å². The Morgan fingerprint density at radius 3 is 2.65 bits per heavy atom. The van der Waals surface area contributed by atoms with Crippen molar-refractivity contribution in [1.82, 2.24) is 20.3 Å². The van der Waals surface area contributed by atoms with Crippen LogP contribution in [0, 0.1) is 11.7 Å². The number of benzene rings is 2. The molecule has 3 N–H and O–H groups in total. The molecule has 0 saturated carbocycles. The highest BCUT2D eigenvalue weighted by Crippen LogP contribution is 2.26. The molecule has 2 aliphatic heterocycles. The molecule has 13 heteroatoms. The van der Waals surface area contributed by atoms with Crippen molar-refractivity contribution < 1.29 is 31.9 Å². The topological polar surface area (TPSA) is 126 Å². The van der Waals surface area contributed by atoms with E-state index in [1.54, 1.807) is 25.3 Å². The van der Waals surface area contributed by atoms with Crippen molar-refractivity contribution in [2.24, 2.45) is 5.92 Å². The second kappa shape index (κ2) is 15.4. The van der Waals surface area contributed by atoms with E-state index in [-0.39, 0.29) is 32.0 Å². The summed E-state index contributed by atoms with van der Waals surface area (Å²) in [5.74, 6) is -0.240. The molecule has 0 radical (unpaired) electrons. The van der Waals surface area contributed by atoms with E-state index in [4.69, 9.17) is 9.47 Å². The zero-order valence-corrected chi connectivity index (χ0v) is 26.9. The average molecular weight is 684 g/mol. The summed E-state index contributed by atoms with van der Waals surface area (Å²) in [4.78, 5) is 28.9. The number of piperidine rings is 1. The number of ether oxygens (including phenoxy) is 2. The Morgan fingerprint density at radius 1 is 1.19 bits per heavy atom. The van der Waals surface area contributed by atoms with E-state index in [1.807, 2.05) is 18.2 Å². The van der Waals surface area contributed by atoms with Crippen LogP contribution < -0.4 is 20.1 Å². The van der Waals surface area contributed by atoms with Gasteiger partial charge in [-0.2, -0.15) is 0 Å². The standard InChI is InChI=1S/C30H40BrFN4O6S/c1-41-24-5-3-4-21(14-24)17-34-29(37)28-16-25(42-19-22-7-8-23(31)15-26(22)32)18-36(28)30(38)27(35-43(2,39)40)9-6-20-10-12-33-13-11-20/h3-5,7-8,14-15,20,25,27-28,33,35H,6,9-13,16-19H2,1-2H3,(H,34,37)/t25-,27-,28-/m1/s1. The highest BCUT2D eigenvalue weighted by atomic mass is 79.9. The van der Waals surface area contributed by atoms with Gasteiger partial charge >= 0.3 is 0 Å². The minimum absolute atomic E-state index is 0.0370. The van der Waals surface area contributed by atoms with Crippen LogP contribution in [0.15, 0.2) is 46.9 Å². The monoisotopic (exact) mass is 682 g/mol. The van der Waals surface area contributed by atoms with Crippen LogP contribution in [0.3, 0.4) is 0 Å². The van der Waals surface area contributed by atoms with Crippen LogP contribution in [-0.4, -0.2) is 76.3 Å². The molecule has 2 aromatic rings. The molecule has 0 unspecified atom stereocenters. The first-order chi connectivity index (χ1) is 20.5. The van der Waals surface area contributed by atoms with Gasteiger partial charge in [-0.3, -0.25) is 9.59 Å². The van der Waals surface area contributed by atoms with Gasteiger partial charge in [0.05, 0.1) is 26.1 Å². The molecule has 2 heterocycles. The number of nitrogens with zero attached hydrogens (tertiary/aromatic N) is 1. The maximum Gasteiger partial charge on any atom is 0.243 e. The van der Waals surface area contributed by atoms with Crippen LogP contribution >= 0.6 is 15.9 Å². The Labute approximate surface area is 261 Å². The number of sulfonamides is 1. The van der Waals surface area contributed by atoms with E-state index in [0.717, 1.165) is 37.8 Å². The molecular formula is C30H40BrFN4O6S. The number of rotatable bonds is 13. The fraction of sp³-hybridized carbons (Fsp3) is 0.533. The van der Waals surface area contributed by atoms with Gasteiger partial charge in [-0.25, -0.2) is 17.5 Å². The van der Waals surface area contributed by atoms with E-state index in [2.05, 4.69) is 31.3 Å². The molecule has 236 valence electrons. The normalized spacial score (nSPS) is 20.1. The van der Waals surface area contributed by atoms with Gasteiger partial charge in [-0.1, -0.05) is 34.1 Å². The molecule has 0 aromatic heterocycles. The molecule has 2 aliphatic rings. The van der Waals surface area contributed by atoms with Gasteiger partial charge in [-0.05, 0) is 74.5 Å². The number of halogens is 2. The Kier molecular flexibility index (Phi) is 12.0. The van der Waals surface area contributed by atoms with Crippen LogP contribution in [-0.2, 0) is 37.5 Å². The number of hydrogen-bond acceptors (Lipinski definition) is 7. The lowest BCUT2D eigenvalue weighted by molar-refractivity contribution is -0.140. The van der Waals surface area contributed by atoms with Crippen molar-refractivity contribution in [3.63, 3.8) is 0 Å². The number of amides is 2. The predicted octanol–water partition coefficient (Wildman–Crippen LogP) is 3.10. The van der Waals surface area contributed by atoms with Crippen LogP contribution in [0.1, 0.15) is 43.2 Å². The molecule has 0 bridgehead atoms. The fourth-order valence-electron chi connectivity index (χ4n) is 5.61. The molecule has 0 spiro atoms. The molecule has 2 aromatic carbocycles. The van der Waals surface area contributed by atoms with Gasteiger partial charge in [0.15, 0.2) is 0 Å². The number of hydrogen-bond donors (Lipinski definition) is 3. The zero-order chi connectivity index (χ0) is 31.0. The number of nitrogens with one attached hydrogen (secondary N) is 3. The minimum Gasteiger partial charge on any atom is -0.497 e. The van der Waals surface area contributed by atoms with Gasteiger partial charge in [-0.15, -0.1) is 0 Å². The molecule has 3 atom stereocenters. The van der Waals surface area contributed by atoms with Gasteiger partial charge in [0, 0.05) is 29.5 Å². The maximum absolute atomic E-state index is 14.4. The Bertz CT molecular complexity index is 1370. The highest BCUT2D eigenvalue weighted by molar-refractivity contribution is 9.10. The number of carbonyl (C=O) groups excluding carboxylic acids is 2. The largest absolute Gasteiger partial charge is 0.497 e. The predicted molar refractivity (Wildman–Crippen MR) is 164 cm³/mol. The van der Waals surface area contributed by atoms with Gasteiger partial charge in [0.25, 0.3) is 0 Å². The third-order valence-electron chi connectivity index (χ3n) is 7.92. The van der Waals surface area contributed by atoms with Crippen molar-refractivity contribution in [3.05, 3.63) is 63.9 Å². The van der Waals surface area contributed by atoms with E-state index in [0.29, 0.717) is 34.5 Å². The summed E-state index contributed by atoms with van der Waals surface area (Å²) in [6.07, 6.45) is 3.59. The maximum atomic E-state index is 14.4. The first-order valence-corrected chi connectivity index (χ1v) is 17.2. The van der Waals surface area contributed by atoms with Crippen LogP contribution in [0.25, 0.3) is 0 Å². The molecule has 0 aliphatic carbocycles. The molecular weight excluding hydrogens is 643 g/mol. The van der Waals surface area contributed by atoms with E-state index in [9.17, 15) is 22.4 Å². The summed E-state index contributed by atoms with van der Waals surface area (Å²) in [7, 11) is -2.15. The van der Waals surface area contributed by atoms with Crippen LogP contribution in [0.4, 0.5) is 4.39 Å². The van der Waals surface area contributed by atoms with Gasteiger partial charge < -0.3 is 25.0 Å². The number of carbonyl (C=O) groups is 2. The second-order valence-electron chi connectivity index (χ2n) is 11.2. The molecule has 2 amide bonds. The lowest BCUT2D eigenvalue weighted by Gasteiger charge is -2.30. The first kappa shape index (κ1) is 33.3. The average Bonchev–Trinajstić information content (AvgIpc) is 3.41. The second-order valence-corrected chi connectivity index (χ2v) is 13.9. The van der Waals surface area contributed by atoms with Crippen molar-refractivity contribution in [2.75, 3.05) is 33.0 Å². The fourth-order valence-corrected chi connectivity index (χ4v) is 6.68. The number of methoxy groups -OCH3 is 1. The third-order valence-corrected chi connectivity index (χ3v) is 9.12. The lowest BCUT2D eigenvalue weighted by atomic mass is 9.91. The summed E-state index contributed by atoms with van der Waals surface area (Å²) in [6.45, 7) is 2.03. The molecule has 4 rings (SSSR count). The summed E-state index contributed by atoms with van der Waals surface area (Å²) >= 11 is 3.24. The third kappa shape index (κ3) is 9.97. The summed E-state index contributed by atoms with van der Waals surface area (Å²) in [6, 6.07) is 10.1. The smallest absolute Gasteiger partial charge is 0.243 e. The SMILES string of the molecule is COc1cccc(CNC(=O)[C@H]2C[C@@H](OCc3ccc(Br)cc3F)CN2C(=O)[C@@H](CCC2CCNCC2)NS(C)(=O)=O)c1. The van der Waals surface area contributed by atoms with Crippen molar-refractivity contribution in [3.8, 4) is 5.75 Å². The van der Waals surface area contributed by atoms with Gasteiger partial charge in [0.2, 0.25) is 21.8 Å². The van der Waals surface area contributed by atoms with Gasteiger partial charge in [0.1, 0.15) is 23.7 Å². The Balaban J connectivity index is 1.50. The number of likely N-dealkylation sites (tertiary alicyclic amines) is 1. The van der Waals surface area contributed by atoms with E-state index < -0.39 is 39.9 Å². The van der Waals surface area contributed by atoms with Crippen LogP contribution in [0.2, 0.25) is 0 Å². The molecule has 43 heavy (non-hydrogen) atoms. The highest BCUT2D eigenvalue weighted by Gasteiger charge is 2.42. The summed E-state index contributed by atoms with van der Waals surface area (Å²) in [5.41, 5.74) is 1.17. The quantitative estimate of drug-likeness (QED) is 0.297. The lowest BCUT2D eigenvalue weighted by Crippen LogP contribution is -2.53. The van der Waals surface area contributed by atoms with Crippen LogP contribution in [0.5, 0.6) is 5.75 Å². The summed E-state index contributed by atoms with van der Waals surface area (Å²) in [5, 5.41) is 6.22.